The number of nitrogens with zero attached hydrogens (tertiary/aromatic N) is 1. The second-order valence-electron chi connectivity index (χ2n) is 6.41. The maximum atomic E-state index is 6.62. The first-order chi connectivity index (χ1) is 10.1. The summed E-state index contributed by atoms with van der Waals surface area (Å²) < 4.78 is 11.2. The zero-order valence-corrected chi connectivity index (χ0v) is 12.9. The Morgan fingerprint density at radius 1 is 1.05 bits per heavy atom. The molecule has 1 saturated heterocycles. The molecule has 0 aliphatic carbocycles. The van der Waals surface area contributed by atoms with Crippen molar-refractivity contribution in [3.8, 4) is 11.5 Å². The van der Waals surface area contributed by atoms with Crippen LogP contribution in [0.3, 0.4) is 0 Å². The van der Waals surface area contributed by atoms with Gasteiger partial charge < -0.3 is 15.2 Å². The Kier molecular flexibility index (Phi) is 4.36. The third kappa shape index (κ3) is 3.50. The predicted octanol–water partition coefficient (Wildman–Crippen LogP) is 2.55. The van der Waals surface area contributed by atoms with Crippen LogP contribution in [-0.2, 0) is 6.42 Å². The molecule has 2 N–H and O–H groups in total. The topological polar surface area (TPSA) is 47.7 Å². The largest absolute Gasteiger partial charge is 0.486 e. The minimum Gasteiger partial charge on any atom is -0.486 e. The minimum absolute atomic E-state index is 0.298. The molecule has 0 amide bonds. The number of ether oxygens (including phenoxy) is 2. The van der Waals surface area contributed by atoms with Crippen LogP contribution in [0.4, 0.5) is 0 Å². The van der Waals surface area contributed by atoms with E-state index >= 15 is 0 Å². The van der Waals surface area contributed by atoms with Gasteiger partial charge in [-0.05, 0) is 50.6 Å². The summed E-state index contributed by atoms with van der Waals surface area (Å²) in [5.74, 6) is 1.70. The minimum atomic E-state index is -0.298. The molecule has 0 aromatic heterocycles. The first-order valence-corrected chi connectivity index (χ1v) is 8.08. The van der Waals surface area contributed by atoms with Gasteiger partial charge in [-0.3, -0.25) is 4.90 Å². The zero-order chi connectivity index (χ0) is 14.7. The molecule has 0 bridgehead atoms. The molecule has 0 radical (unpaired) electrons. The molecule has 4 nitrogen and oxygen atoms in total. The zero-order valence-electron chi connectivity index (χ0n) is 12.9. The van der Waals surface area contributed by atoms with Gasteiger partial charge in [0.1, 0.15) is 13.2 Å². The van der Waals surface area contributed by atoms with E-state index in [-0.39, 0.29) is 5.66 Å². The summed E-state index contributed by atoms with van der Waals surface area (Å²) in [5.41, 5.74) is 7.54. The highest BCUT2D eigenvalue weighted by molar-refractivity contribution is 5.44. The van der Waals surface area contributed by atoms with Crippen molar-refractivity contribution in [1.29, 1.82) is 0 Å². The van der Waals surface area contributed by atoms with Crippen LogP contribution in [0, 0.1) is 0 Å². The van der Waals surface area contributed by atoms with Crippen LogP contribution >= 0.6 is 0 Å². The third-order valence-corrected chi connectivity index (χ3v) is 4.50. The standard InChI is InChI=1S/C17H26N2O2/c1-17(18,19-8-4-2-3-5-9-19)13-14-6-7-15-16(12-14)21-11-10-20-15/h6-7,12H,2-5,8-11,13,18H2,1H3. The van der Waals surface area contributed by atoms with Crippen LogP contribution < -0.4 is 15.2 Å². The van der Waals surface area contributed by atoms with Crippen molar-refractivity contribution in [3.05, 3.63) is 23.8 Å². The van der Waals surface area contributed by atoms with Crippen molar-refractivity contribution in [2.45, 2.75) is 44.7 Å². The molecule has 1 aromatic rings. The van der Waals surface area contributed by atoms with Crippen molar-refractivity contribution in [2.24, 2.45) is 5.73 Å². The monoisotopic (exact) mass is 290 g/mol. The molecule has 116 valence electrons. The summed E-state index contributed by atoms with van der Waals surface area (Å²) in [4.78, 5) is 2.44. The molecule has 3 rings (SSSR count). The summed E-state index contributed by atoms with van der Waals surface area (Å²) >= 11 is 0. The number of nitrogens with two attached hydrogens (primary N) is 1. The average Bonchev–Trinajstić information content (AvgIpc) is 2.76. The lowest BCUT2D eigenvalue weighted by molar-refractivity contribution is 0.113. The van der Waals surface area contributed by atoms with E-state index in [4.69, 9.17) is 15.2 Å². The van der Waals surface area contributed by atoms with Gasteiger partial charge in [0.25, 0.3) is 0 Å². The van der Waals surface area contributed by atoms with Crippen molar-refractivity contribution in [2.75, 3.05) is 26.3 Å². The first kappa shape index (κ1) is 14.7. The third-order valence-electron chi connectivity index (χ3n) is 4.50. The Labute approximate surface area is 127 Å². The summed E-state index contributed by atoms with van der Waals surface area (Å²) in [7, 11) is 0. The average molecular weight is 290 g/mol. The van der Waals surface area contributed by atoms with Crippen molar-refractivity contribution >= 4 is 0 Å². The Balaban J connectivity index is 1.72. The lowest BCUT2D eigenvalue weighted by Crippen LogP contribution is -2.55. The maximum absolute atomic E-state index is 6.62. The Bertz CT molecular complexity index is 480. The second-order valence-corrected chi connectivity index (χ2v) is 6.41. The predicted molar refractivity (Wildman–Crippen MR) is 83.8 cm³/mol. The van der Waals surface area contributed by atoms with Gasteiger partial charge in [0, 0.05) is 6.42 Å². The molecular formula is C17H26N2O2. The molecule has 2 aliphatic rings. The van der Waals surface area contributed by atoms with E-state index < -0.39 is 0 Å². The molecular weight excluding hydrogens is 264 g/mol. The highest BCUT2D eigenvalue weighted by atomic mass is 16.6. The fraction of sp³-hybridized carbons (Fsp3) is 0.647. The number of fused-ring (bicyclic) bond motifs is 1. The van der Waals surface area contributed by atoms with E-state index in [9.17, 15) is 0 Å². The van der Waals surface area contributed by atoms with E-state index in [0.29, 0.717) is 13.2 Å². The molecule has 1 fully saturated rings. The normalized spacial score (nSPS) is 22.4. The van der Waals surface area contributed by atoms with Gasteiger partial charge in [0.05, 0.1) is 5.66 Å². The molecule has 4 heteroatoms. The SMILES string of the molecule is CC(N)(Cc1ccc2c(c1)OCCO2)N1CCCCCC1. The fourth-order valence-corrected chi connectivity index (χ4v) is 3.30. The highest BCUT2D eigenvalue weighted by Gasteiger charge is 2.28. The smallest absolute Gasteiger partial charge is 0.161 e. The molecule has 21 heavy (non-hydrogen) atoms. The van der Waals surface area contributed by atoms with E-state index in [2.05, 4.69) is 24.0 Å². The molecule has 1 unspecified atom stereocenters. The van der Waals surface area contributed by atoms with Crippen LogP contribution in [0.5, 0.6) is 11.5 Å². The lowest BCUT2D eigenvalue weighted by atomic mass is 9.99. The van der Waals surface area contributed by atoms with Crippen LogP contribution in [0.2, 0.25) is 0 Å². The number of rotatable bonds is 3. The van der Waals surface area contributed by atoms with Crippen LogP contribution in [0.25, 0.3) is 0 Å². The Morgan fingerprint density at radius 2 is 1.71 bits per heavy atom. The number of benzene rings is 1. The molecule has 0 spiro atoms. The van der Waals surface area contributed by atoms with Gasteiger partial charge in [-0.1, -0.05) is 18.9 Å². The van der Waals surface area contributed by atoms with E-state index in [1.165, 1.54) is 31.2 Å². The van der Waals surface area contributed by atoms with Gasteiger partial charge in [0.15, 0.2) is 11.5 Å². The second kappa shape index (κ2) is 6.24. The van der Waals surface area contributed by atoms with Crippen molar-refractivity contribution in [1.82, 2.24) is 4.90 Å². The summed E-state index contributed by atoms with van der Waals surface area (Å²) in [5, 5.41) is 0. The summed E-state index contributed by atoms with van der Waals surface area (Å²) in [6, 6.07) is 6.19. The van der Waals surface area contributed by atoms with E-state index in [1.54, 1.807) is 0 Å². The lowest BCUT2D eigenvalue weighted by Gasteiger charge is -2.38. The van der Waals surface area contributed by atoms with Crippen LogP contribution in [0.1, 0.15) is 38.2 Å². The highest BCUT2D eigenvalue weighted by Crippen LogP contribution is 2.32. The van der Waals surface area contributed by atoms with Gasteiger partial charge in [-0.25, -0.2) is 0 Å². The van der Waals surface area contributed by atoms with Gasteiger partial charge in [-0.15, -0.1) is 0 Å². The maximum Gasteiger partial charge on any atom is 0.161 e. The molecule has 2 aliphatic heterocycles. The molecule has 0 saturated carbocycles. The molecule has 1 atom stereocenters. The Hall–Kier alpha value is -1.26. The number of hydrogen-bond acceptors (Lipinski definition) is 4. The quantitative estimate of drug-likeness (QED) is 0.929. The van der Waals surface area contributed by atoms with E-state index in [1.807, 2.05) is 6.07 Å². The summed E-state index contributed by atoms with van der Waals surface area (Å²) in [6.07, 6.45) is 6.01. The van der Waals surface area contributed by atoms with Crippen molar-refractivity contribution < 1.29 is 9.47 Å². The number of likely N-dealkylation sites (tertiary alicyclic amines) is 1. The molecule has 2 heterocycles. The van der Waals surface area contributed by atoms with Crippen LogP contribution in [-0.4, -0.2) is 36.9 Å². The Morgan fingerprint density at radius 3 is 2.43 bits per heavy atom. The van der Waals surface area contributed by atoms with Crippen molar-refractivity contribution in [3.63, 3.8) is 0 Å². The first-order valence-electron chi connectivity index (χ1n) is 8.08. The van der Waals surface area contributed by atoms with E-state index in [0.717, 1.165) is 31.0 Å². The van der Waals surface area contributed by atoms with Gasteiger partial charge in [-0.2, -0.15) is 0 Å². The van der Waals surface area contributed by atoms with Gasteiger partial charge >= 0.3 is 0 Å². The number of hydrogen-bond donors (Lipinski definition) is 1. The van der Waals surface area contributed by atoms with Crippen LogP contribution in [0.15, 0.2) is 18.2 Å². The van der Waals surface area contributed by atoms with Gasteiger partial charge in [0.2, 0.25) is 0 Å². The molecule has 1 aromatic carbocycles. The fourth-order valence-electron chi connectivity index (χ4n) is 3.30. The summed E-state index contributed by atoms with van der Waals surface area (Å²) in [6.45, 7) is 5.63.